The number of aromatic nitrogens is 1. The lowest BCUT2D eigenvalue weighted by molar-refractivity contribution is 0.483. The lowest BCUT2D eigenvalue weighted by atomic mass is 10.0. The predicted octanol–water partition coefficient (Wildman–Crippen LogP) is 7.54. The molecule has 0 bridgehead atoms. The number of rotatable bonds is 5. The van der Waals surface area contributed by atoms with Crippen molar-refractivity contribution in [3.63, 3.8) is 0 Å². The van der Waals surface area contributed by atoms with E-state index in [1.165, 1.54) is 16.7 Å². The molecule has 5 heteroatoms. The van der Waals surface area contributed by atoms with E-state index >= 15 is 0 Å². The second kappa shape index (κ2) is 9.04. The Hall–Kier alpha value is -2.63. The van der Waals surface area contributed by atoms with Gasteiger partial charge in [0, 0.05) is 16.6 Å². The Morgan fingerprint density at radius 3 is 2.29 bits per heavy atom. The van der Waals surface area contributed by atoms with E-state index in [0.717, 1.165) is 28.0 Å². The molecule has 3 aromatic carbocycles. The summed E-state index contributed by atoms with van der Waals surface area (Å²) in [5.41, 5.74) is 5.68. The van der Waals surface area contributed by atoms with Gasteiger partial charge in [-0.25, -0.2) is 4.98 Å². The highest BCUT2D eigenvalue weighted by Crippen LogP contribution is 2.30. The van der Waals surface area contributed by atoms with Crippen LogP contribution in [0.15, 0.2) is 78.2 Å². The maximum absolute atomic E-state index is 5.83. The van der Waals surface area contributed by atoms with E-state index < -0.39 is 0 Å². The van der Waals surface area contributed by atoms with Crippen LogP contribution in [-0.2, 0) is 0 Å². The average Bonchev–Trinajstić information content (AvgIpc) is 3.12. The van der Waals surface area contributed by atoms with Crippen molar-refractivity contribution in [2.24, 2.45) is 0 Å². The molecule has 4 aromatic rings. The topological polar surface area (TPSA) is 34.1 Å². The molecule has 3 nitrogen and oxygen atoms in total. The lowest BCUT2D eigenvalue weighted by Gasteiger charge is -2.07. The number of ether oxygens (including phenoxy) is 1. The minimum absolute atomic E-state index is 0. The van der Waals surface area contributed by atoms with E-state index in [1.54, 1.807) is 11.3 Å². The minimum Gasteiger partial charge on any atom is -0.457 e. The van der Waals surface area contributed by atoms with Gasteiger partial charge in [-0.3, -0.25) is 0 Å². The maximum atomic E-state index is 5.83. The first-order valence-electron chi connectivity index (χ1n) is 8.80. The maximum Gasteiger partial charge on any atom is 0.187 e. The van der Waals surface area contributed by atoms with Crippen molar-refractivity contribution in [1.29, 1.82) is 0 Å². The first kappa shape index (κ1) is 20.1. The number of nitrogens with one attached hydrogen (secondary N) is 1. The van der Waals surface area contributed by atoms with Gasteiger partial charge in [0.1, 0.15) is 11.5 Å². The molecule has 28 heavy (non-hydrogen) atoms. The van der Waals surface area contributed by atoms with Crippen molar-refractivity contribution in [2.45, 2.75) is 13.8 Å². The fraction of sp³-hybridized carbons (Fsp3) is 0.0870. The fourth-order valence-corrected chi connectivity index (χ4v) is 3.64. The molecule has 0 amide bonds. The Morgan fingerprint density at radius 1 is 0.857 bits per heavy atom. The second-order valence-corrected chi connectivity index (χ2v) is 7.28. The van der Waals surface area contributed by atoms with Crippen molar-refractivity contribution < 1.29 is 4.74 Å². The second-order valence-electron chi connectivity index (χ2n) is 6.42. The Labute approximate surface area is 179 Å². The molecule has 0 spiro atoms. The SMILES string of the molecule is Br.Cc1ccc(-c2csc(Nc3ccc(Oc4ccccc4)cc3)n2)c(C)c1. The molecule has 1 aromatic heterocycles. The van der Waals surface area contributed by atoms with Gasteiger partial charge in [-0.1, -0.05) is 42.0 Å². The van der Waals surface area contributed by atoms with Gasteiger partial charge in [0.2, 0.25) is 0 Å². The third-order valence-electron chi connectivity index (χ3n) is 4.25. The fourth-order valence-electron chi connectivity index (χ4n) is 2.91. The number of hydrogen-bond acceptors (Lipinski definition) is 4. The molecular formula is C23H21BrN2OS. The number of hydrogen-bond donors (Lipinski definition) is 1. The zero-order chi connectivity index (χ0) is 18.6. The Bertz CT molecular complexity index is 1050. The summed E-state index contributed by atoms with van der Waals surface area (Å²) in [5, 5.41) is 6.33. The summed E-state index contributed by atoms with van der Waals surface area (Å²) in [5.74, 6) is 1.64. The molecule has 4 rings (SSSR count). The molecule has 0 aliphatic heterocycles. The van der Waals surface area contributed by atoms with E-state index in [4.69, 9.17) is 9.72 Å². The molecule has 1 heterocycles. The molecule has 0 radical (unpaired) electrons. The average molecular weight is 453 g/mol. The highest BCUT2D eigenvalue weighted by atomic mass is 79.9. The molecule has 0 unspecified atom stereocenters. The van der Waals surface area contributed by atoms with Gasteiger partial charge in [0.15, 0.2) is 5.13 Å². The van der Waals surface area contributed by atoms with Crippen molar-refractivity contribution in [2.75, 3.05) is 5.32 Å². The molecule has 0 saturated carbocycles. The lowest BCUT2D eigenvalue weighted by Crippen LogP contribution is -1.91. The van der Waals surface area contributed by atoms with Gasteiger partial charge in [0.05, 0.1) is 5.69 Å². The number of aryl methyl sites for hydroxylation is 2. The van der Waals surface area contributed by atoms with Crippen LogP contribution < -0.4 is 10.1 Å². The summed E-state index contributed by atoms with van der Waals surface area (Å²) < 4.78 is 5.83. The van der Waals surface area contributed by atoms with Crippen LogP contribution in [0.2, 0.25) is 0 Å². The van der Waals surface area contributed by atoms with Gasteiger partial charge < -0.3 is 10.1 Å². The zero-order valence-electron chi connectivity index (χ0n) is 15.7. The van der Waals surface area contributed by atoms with E-state index in [-0.39, 0.29) is 17.0 Å². The van der Waals surface area contributed by atoms with E-state index in [9.17, 15) is 0 Å². The zero-order valence-corrected chi connectivity index (χ0v) is 18.2. The monoisotopic (exact) mass is 452 g/mol. The van der Waals surface area contributed by atoms with Crippen LogP contribution in [0.4, 0.5) is 10.8 Å². The van der Waals surface area contributed by atoms with Crippen LogP contribution in [-0.4, -0.2) is 4.98 Å². The largest absolute Gasteiger partial charge is 0.457 e. The van der Waals surface area contributed by atoms with Crippen molar-refractivity contribution >= 4 is 39.1 Å². The highest BCUT2D eigenvalue weighted by Gasteiger charge is 2.08. The first-order valence-corrected chi connectivity index (χ1v) is 9.68. The van der Waals surface area contributed by atoms with Gasteiger partial charge in [0.25, 0.3) is 0 Å². The summed E-state index contributed by atoms with van der Waals surface area (Å²) in [6.07, 6.45) is 0. The number of halogens is 1. The van der Waals surface area contributed by atoms with Crippen molar-refractivity contribution in [3.8, 4) is 22.8 Å². The summed E-state index contributed by atoms with van der Waals surface area (Å²) >= 11 is 1.61. The van der Waals surface area contributed by atoms with Crippen molar-refractivity contribution in [3.05, 3.63) is 89.3 Å². The molecule has 0 fully saturated rings. The molecule has 142 valence electrons. The molecule has 0 saturated heterocycles. The number of anilines is 2. The standard InChI is InChI=1S/C23H20N2OS.BrH/c1-16-8-13-21(17(2)14-16)22-15-27-23(25-22)24-18-9-11-20(12-10-18)26-19-6-4-3-5-7-19;/h3-15H,1-2H3,(H,24,25);1H. The third kappa shape index (κ3) is 4.80. The summed E-state index contributed by atoms with van der Waals surface area (Å²) in [4.78, 5) is 4.73. The third-order valence-corrected chi connectivity index (χ3v) is 5.00. The Kier molecular flexibility index (Phi) is 6.49. The van der Waals surface area contributed by atoms with Gasteiger partial charge in [-0.2, -0.15) is 0 Å². The van der Waals surface area contributed by atoms with E-state index in [2.05, 4.69) is 42.7 Å². The summed E-state index contributed by atoms with van der Waals surface area (Å²) in [6, 6.07) is 24.1. The van der Waals surface area contributed by atoms with Gasteiger partial charge >= 0.3 is 0 Å². The Morgan fingerprint density at radius 2 is 1.57 bits per heavy atom. The molecule has 0 aliphatic rings. The number of para-hydroxylation sites is 1. The summed E-state index contributed by atoms with van der Waals surface area (Å²) in [7, 11) is 0. The van der Waals surface area contributed by atoms with Crippen LogP contribution >= 0.6 is 28.3 Å². The van der Waals surface area contributed by atoms with Gasteiger partial charge in [-0.15, -0.1) is 28.3 Å². The molecule has 0 aliphatic carbocycles. The number of nitrogens with zero attached hydrogens (tertiary/aromatic N) is 1. The molecular weight excluding hydrogens is 432 g/mol. The Balaban J connectivity index is 0.00000225. The van der Waals surface area contributed by atoms with Crippen molar-refractivity contribution in [1.82, 2.24) is 4.98 Å². The van der Waals surface area contributed by atoms with E-state index in [0.29, 0.717) is 0 Å². The van der Waals surface area contributed by atoms with Crippen LogP contribution in [0.3, 0.4) is 0 Å². The number of benzene rings is 3. The highest BCUT2D eigenvalue weighted by molar-refractivity contribution is 8.93. The smallest absolute Gasteiger partial charge is 0.187 e. The quantitative estimate of drug-likeness (QED) is 0.339. The van der Waals surface area contributed by atoms with E-state index in [1.807, 2.05) is 54.6 Å². The number of thiazole rings is 1. The molecule has 0 atom stereocenters. The normalized spacial score (nSPS) is 10.2. The summed E-state index contributed by atoms with van der Waals surface area (Å²) in [6.45, 7) is 4.23. The predicted molar refractivity (Wildman–Crippen MR) is 124 cm³/mol. The minimum atomic E-state index is 0. The first-order chi connectivity index (χ1) is 13.2. The van der Waals surface area contributed by atoms with Crippen LogP contribution in [0.5, 0.6) is 11.5 Å². The van der Waals surface area contributed by atoms with Crippen LogP contribution in [0.1, 0.15) is 11.1 Å². The van der Waals surface area contributed by atoms with Crippen LogP contribution in [0.25, 0.3) is 11.3 Å². The van der Waals surface area contributed by atoms with Gasteiger partial charge in [-0.05, 0) is 55.8 Å². The van der Waals surface area contributed by atoms with Crippen LogP contribution in [0, 0.1) is 13.8 Å². The molecule has 1 N–H and O–H groups in total.